The van der Waals surface area contributed by atoms with Crippen LogP contribution in [-0.4, -0.2) is 22.7 Å². The summed E-state index contributed by atoms with van der Waals surface area (Å²) in [6.45, 7) is 6.62. The fraction of sp³-hybridized carbons (Fsp3) is 0.500. The van der Waals surface area contributed by atoms with Crippen molar-refractivity contribution in [1.29, 1.82) is 0 Å². The van der Waals surface area contributed by atoms with E-state index in [1.807, 2.05) is 12.1 Å². The third kappa shape index (κ3) is 1.41. The van der Waals surface area contributed by atoms with E-state index in [1.165, 1.54) is 0 Å². The Morgan fingerprint density at radius 3 is 2.28 bits per heavy atom. The van der Waals surface area contributed by atoms with Gasteiger partial charge in [0.2, 0.25) is 12.7 Å². The number of nitrogens with zero attached hydrogens (tertiary/aromatic N) is 2. The number of ether oxygens (including phenoxy) is 2. The summed E-state index contributed by atoms with van der Waals surface area (Å²) in [7, 11) is 0. The molecule has 2 unspecified atom stereocenters. The van der Waals surface area contributed by atoms with Crippen LogP contribution >= 0.6 is 0 Å². The smallest absolute Gasteiger partial charge is 0.246 e. The van der Waals surface area contributed by atoms with Crippen LogP contribution in [0.2, 0.25) is 0 Å². The van der Waals surface area contributed by atoms with E-state index in [0.717, 1.165) is 29.7 Å². The second-order valence-electron chi connectivity index (χ2n) is 7.95. The highest BCUT2D eigenvalue weighted by Gasteiger charge is 2.73. The van der Waals surface area contributed by atoms with E-state index in [-0.39, 0.29) is 23.5 Å². The van der Waals surface area contributed by atoms with Crippen LogP contribution in [0.5, 0.6) is 11.5 Å². The molecule has 2 bridgehead atoms. The number of hydrogen-bond donors (Lipinski definition) is 2. The Balaban J connectivity index is 1.85. The molecule has 7 nitrogen and oxygen atoms in total. The van der Waals surface area contributed by atoms with Crippen molar-refractivity contribution in [1.82, 2.24) is 15.4 Å². The minimum absolute atomic E-state index is 0.186. The molecule has 3 N–H and O–H groups in total. The molecular formula is C18H20N4O3. The summed E-state index contributed by atoms with van der Waals surface area (Å²) in [5.74, 6) is 6.71. The number of benzene rings is 1. The fourth-order valence-corrected chi connectivity index (χ4v) is 5.12. The Kier molecular flexibility index (Phi) is 2.51. The lowest BCUT2D eigenvalue weighted by Gasteiger charge is -2.39. The predicted octanol–water partition coefficient (Wildman–Crippen LogP) is 1.68. The van der Waals surface area contributed by atoms with E-state index < -0.39 is 5.41 Å². The summed E-state index contributed by atoms with van der Waals surface area (Å²) in [5, 5.41) is 0. The number of carbonyl (C=O) groups excluding carboxylic acids is 1. The topological polar surface area (TPSA) is 99.4 Å². The van der Waals surface area contributed by atoms with Gasteiger partial charge in [-0.1, -0.05) is 20.8 Å². The predicted molar refractivity (Wildman–Crippen MR) is 90.0 cm³/mol. The maximum absolute atomic E-state index is 12.9. The van der Waals surface area contributed by atoms with E-state index >= 15 is 0 Å². The number of fused-ring (bicyclic) bond motifs is 7. The highest BCUT2D eigenvalue weighted by Crippen LogP contribution is 2.70. The lowest BCUT2D eigenvalue weighted by atomic mass is 9.63. The van der Waals surface area contributed by atoms with Gasteiger partial charge in [0, 0.05) is 17.5 Å². The number of nitrogens with one attached hydrogen (secondary N) is 1. The zero-order valence-electron chi connectivity index (χ0n) is 14.5. The van der Waals surface area contributed by atoms with Gasteiger partial charge in [0.25, 0.3) is 0 Å². The number of hydrogen-bond acceptors (Lipinski definition) is 6. The maximum Gasteiger partial charge on any atom is 0.246 e. The normalized spacial score (nSPS) is 30.6. The van der Waals surface area contributed by atoms with Crippen molar-refractivity contribution in [2.75, 3.05) is 6.79 Å². The van der Waals surface area contributed by atoms with Crippen molar-refractivity contribution in [2.45, 2.75) is 44.4 Å². The molecule has 1 fully saturated rings. The monoisotopic (exact) mass is 340 g/mol. The first kappa shape index (κ1) is 14.9. The van der Waals surface area contributed by atoms with Crippen LogP contribution in [0, 0.1) is 5.41 Å². The summed E-state index contributed by atoms with van der Waals surface area (Å²) >= 11 is 0. The number of hydrazine groups is 1. The van der Waals surface area contributed by atoms with E-state index in [1.54, 1.807) is 0 Å². The molecule has 1 saturated carbocycles. The van der Waals surface area contributed by atoms with E-state index in [9.17, 15) is 4.79 Å². The number of carbonyl (C=O) groups is 1. The van der Waals surface area contributed by atoms with Crippen molar-refractivity contribution in [3.8, 4) is 11.5 Å². The molecule has 5 rings (SSSR count). The third-order valence-electron chi connectivity index (χ3n) is 7.05. The molecule has 1 aliphatic heterocycles. The molecule has 2 aromatic rings. The van der Waals surface area contributed by atoms with Gasteiger partial charge in [0.15, 0.2) is 11.5 Å². The van der Waals surface area contributed by atoms with Crippen molar-refractivity contribution < 1.29 is 14.3 Å². The molecule has 1 amide bonds. The molecule has 2 aliphatic carbocycles. The molecule has 2 heterocycles. The quantitative estimate of drug-likeness (QED) is 0.465. The molecule has 1 aromatic heterocycles. The van der Waals surface area contributed by atoms with Crippen LogP contribution in [0.4, 0.5) is 0 Å². The highest BCUT2D eigenvalue weighted by molar-refractivity contribution is 5.92. The van der Waals surface area contributed by atoms with Crippen molar-refractivity contribution in [2.24, 2.45) is 11.3 Å². The molecule has 25 heavy (non-hydrogen) atoms. The van der Waals surface area contributed by atoms with Gasteiger partial charge in [-0.3, -0.25) is 10.2 Å². The first-order valence-electron chi connectivity index (χ1n) is 8.48. The zero-order chi connectivity index (χ0) is 17.6. The molecular weight excluding hydrogens is 320 g/mol. The summed E-state index contributed by atoms with van der Waals surface area (Å²) in [6.07, 6.45) is 1.60. The lowest BCUT2D eigenvalue weighted by molar-refractivity contribution is -0.130. The van der Waals surface area contributed by atoms with Gasteiger partial charge in [-0.2, -0.15) is 0 Å². The summed E-state index contributed by atoms with van der Waals surface area (Å²) in [5.41, 5.74) is 4.17. The average Bonchev–Trinajstić information content (AvgIpc) is 3.16. The number of amides is 1. The van der Waals surface area contributed by atoms with Gasteiger partial charge >= 0.3 is 0 Å². The number of aromatic nitrogens is 2. The minimum atomic E-state index is -0.761. The third-order valence-corrected chi connectivity index (χ3v) is 7.05. The van der Waals surface area contributed by atoms with Crippen molar-refractivity contribution in [3.63, 3.8) is 0 Å². The van der Waals surface area contributed by atoms with Crippen LogP contribution in [0.25, 0.3) is 11.0 Å². The van der Waals surface area contributed by atoms with Gasteiger partial charge < -0.3 is 9.47 Å². The zero-order valence-corrected chi connectivity index (χ0v) is 14.5. The molecule has 0 radical (unpaired) electrons. The Hall–Kier alpha value is -2.41. The Morgan fingerprint density at radius 2 is 1.68 bits per heavy atom. The molecule has 3 aliphatic rings. The molecule has 7 heteroatoms. The van der Waals surface area contributed by atoms with Crippen LogP contribution < -0.4 is 20.7 Å². The van der Waals surface area contributed by atoms with E-state index in [2.05, 4.69) is 26.2 Å². The van der Waals surface area contributed by atoms with Gasteiger partial charge in [0.1, 0.15) is 5.41 Å². The van der Waals surface area contributed by atoms with Gasteiger partial charge in [-0.05, 0) is 18.3 Å². The maximum atomic E-state index is 12.9. The van der Waals surface area contributed by atoms with E-state index in [0.29, 0.717) is 17.0 Å². The summed E-state index contributed by atoms with van der Waals surface area (Å²) in [4.78, 5) is 22.7. The standard InChI is InChI=1S/C18H20N4O3/c1-16(2)17(3)4-5-18(16,15(23)22-19)14-13(17)20-9-6-11-12(25-8-24-11)7-10(9)21-14/h6-7H,4-5,8,19H2,1-3H3,(H,22,23). The molecule has 2 atom stereocenters. The number of rotatable bonds is 1. The number of nitrogens with two attached hydrogens (primary N) is 1. The van der Waals surface area contributed by atoms with Crippen LogP contribution in [0.1, 0.15) is 45.0 Å². The van der Waals surface area contributed by atoms with Crippen molar-refractivity contribution >= 4 is 16.9 Å². The van der Waals surface area contributed by atoms with Gasteiger partial charge in [-0.25, -0.2) is 15.8 Å². The van der Waals surface area contributed by atoms with Crippen LogP contribution in [0.3, 0.4) is 0 Å². The van der Waals surface area contributed by atoms with Gasteiger partial charge in [-0.15, -0.1) is 0 Å². The molecule has 0 saturated heterocycles. The SMILES string of the molecule is CC12CCC(C(=O)NN)(c3nc4cc5c(cc4nc31)OCO5)C2(C)C. The largest absolute Gasteiger partial charge is 0.454 e. The van der Waals surface area contributed by atoms with Crippen molar-refractivity contribution in [3.05, 3.63) is 23.5 Å². The molecule has 0 spiro atoms. The Labute approximate surface area is 144 Å². The van der Waals surface area contributed by atoms with E-state index in [4.69, 9.17) is 25.3 Å². The first-order valence-corrected chi connectivity index (χ1v) is 8.48. The summed E-state index contributed by atoms with van der Waals surface area (Å²) < 4.78 is 10.9. The van der Waals surface area contributed by atoms with Gasteiger partial charge in [0.05, 0.1) is 22.4 Å². The highest BCUT2D eigenvalue weighted by atomic mass is 16.7. The average molecular weight is 340 g/mol. The molecule has 130 valence electrons. The minimum Gasteiger partial charge on any atom is -0.454 e. The second-order valence-corrected chi connectivity index (χ2v) is 7.95. The lowest BCUT2D eigenvalue weighted by Crippen LogP contribution is -2.53. The Morgan fingerprint density at radius 1 is 1.08 bits per heavy atom. The molecule has 1 aromatic carbocycles. The summed E-state index contributed by atoms with van der Waals surface area (Å²) in [6, 6.07) is 3.70. The Bertz CT molecular complexity index is 957. The van der Waals surface area contributed by atoms with Crippen LogP contribution in [0.15, 0.2) is 12.1 Å². The second kappa shape index (κ2) is 4.22. The first-order chi connectivity index (χ1) is 11.8. The van der Waals surface area contributed by atoms with Crippen LogP contribution in [-0.2, 0) is 15.6 Å². The fourth-order valence-electron chi connectivity index (χ4n) is 5.12.